The summed E-state index contributed by atoms with van der Waals surface area (Å²) in [5.74, 6) is 1.64. The van der Waals surface area contributed by atoms with E-state index in [1.807, 2.05) is 39.8 Å². The van der Waals surface area contributed by atoms with Gasteiger partial charge >= 0.3 is 0 Å². The van der Waals surface area contributed by atoms with Crippen LogP contribution in [0.1, 0.15) is 79.4 Å². The molecular weight excluding hydrogens is 364 g/mol. The minimum atomic E-state index is -0.537. The fraction of sp³-hybridized carbons (Fsp3) is 0.640. The molecule has 1 rings (SSSR count). The maximum absolute atomic E-state index is 11.1. The Morgan fingerprint density at radius 3 is 2.24 bits per heavy atom. The summed E-state index contributed by atoms with van der Waals surface area (Å²) < 4.78 is 12.0. The molecule has 0 saturated heterocycles. The van der Waals surface area contributed by atoms with Gasteiger partial charge in [0.1, 0.15) is 18.1 Å². The number of aliphatic hydroxyl groups excluding tert-OH is 1. The zero-order chi connectivity index (χ0) is 22.2. The first kappa shape index (κ1) is 25.2. The summed E-state index contributed by atoms with van der Waals surface area (Å²) in [6.07, 6.45) is 4.34. The lowest BCUT2D eigenvalue weighted by molar-refractivity contribution is -0.115. The fourth-order valence-corrected chi connectivity index (χ4v) is 3.55. The SMILES string of the molecule is C/C=C(\OC(C)C=O)C(CC)(CC)c1ccc(OCC(O)C(C)(C)C)c(CC)c1. The van der Waals surface area contributed by atoms with Crippen molar-refractivity contribution in [2.45, 2.75) is 92.3 Å². The maximum Gasteiger partial charge on any atom is 0.160 e. The second-order valence-electron chi connectivity index (χ2n) is 8.77. The molecule has 4 nitrogen and oxygen atoms in total. The first-order valence-corrected chi connectivity index (χ1v) is 10.8. The molecule has 0 aromatic heterocycles. The molecule has 0 fully saturated rings. The molecule has 0 aliphatic rings. The number of rotatable bonds is 11. The van der Waals surface area contributed by atoms with Gasteiger partial charge in [-0.25, -0.2) is 0 Å². The molecule has 0 radical (unpaired) electrons. The Kier molecular flexibility index (Phi) is 9.41. The summed E-state index contributed by atoms with van der Waals surface area (Å²) >= 11 is 0. The van der Waals surface area contributed by atoms with Gasteiger partial charge in [0.15, 0.2) is 12.4 Å². The van der Waals surface area contributed by atoms with Gasteiger partial charge in [-0.15, -0.1) is 0 Å². The van der Waals surface area contributed by atoms with Crippen LogP contribution in [-0.2, 0) is 21.4 Å². The van der Waals surface area contributed by atoms with Crippen LogP contribution < -0.4 is 4.74 Å². The number of ether oxygens (including phenoxy) is 2. The number of carbonyl (C=O) groups excluding carboxylic acids is 1. The van der Waals surface area contributed by atoms with Crippen LogP contribution in [0.2, 0.25) is 0 Å². The molecule has 1 N–H and O–H groups in total. The summed E-state index contributed by atoms with van der Waals surface area (Å²) in [7, 11) is 0. The van der Waals surface area contributed by atoms with Crippen molar-refractivity contribution in [2.75, 3.05) is 6.61 Å². The third kappa shape index (κ3) is 6.08. The molecule has 0 heterocycles. The monoisotopic (exact) mass is 404 g/mol. The third-order valence-corrected chi connectivity index (χ3v) is 5.84. The highest BCUT2D eigenvalue weighted by atomic mass is 16.5. The molecule has 2 atom stereocenters. The van der Waals surface area contributed by atoms with Crippen LogP contribution in [-0.4, -0.2) is 30.2 Å². The first-order valence-electron chi connectivity index (χ1n) is 10.8. The van der Waals surface area contributed by atoms with E-state index in [1.54, 1.807) is 6.92 Å². The zero-order valence-electron chi connectivity index (χ0n) is 19.5. The van der Waals surface area contributed by atoms with Gasteiger partial charge in [0.2, 0.25) is 0 Å². The lowest BCUT2D eigenvalue weighted by atomic mass is 9.73. The summed E-state index contributed by atoms with van der Waals surface area (Å²) in [5, 5.41) is 10.3. The van der Waals surface area contributed by atoms with E-state index in [0.29, 0.717) is 0 Å². The van der Waals surface area contributed by atoms with Crippen LogP contribution in [0.5, 0.6) is 5.75 Å². The van der Waals surface area contributed by atoms with Crippen LogP contribution in [0.4, 0.5) is 0 Å². The van der Waals surface area contributed by atoms with Crippen LogP contribution in [0.3, 0.4) is 0 Å². The average Bonchev–Trinajstić information content (AvgIpc) is 2.71. The van der Waals surface area contributed by atoms with Crippen molar-refractivity contribution in [3.05, 3.63) is 41.2 Å². The van der Waals surface area contributed by atoms with Crippen LogP contribution >= 0.6 is 0 Å². The Labute approximate surface area is 177 Å². The topological polar surface area (TPSA) is 55.8 Å². The van der Waals surface area contributed by atoms with E-state index >= 15 is 0 Å². The average molecular weight is 405 g/mol. The van der Waals surface area contributed by atoms with Gasteiger partial charge in [-0.05, 0) is 61.8 Å². The van der Waals surface area contributed by atoms with Gasteiger partial charge in [0, 0.05) is 0 Å². The predicted octanol–water partition coefficient (Wildman–Crippen LogP) is 5.60. The van der Waals surface area contributed by atoms with Crippen molar-refractivity contribution in [1.29, 1.82) is 0 Å². The van der Waals surface area contributed by atoms with E-state index in [1.165, 1.54) is 0 Å². The van der Waals surface area contributed by atoms with E-state index in [2.05, 4.69) is 32.9 Å². The number of carbonyl (C=O) groups is 1. The maximum atomic E-state index is 11.1. The molecule has 1 aromatic rings. The van der Waals surface area contributed by atoms with Crippen LogP contribution in [0.25, 0.3) is 0 Å². The highest BCUT2D eigenvalue weighted by Crippen LogP contribution is 2.41. The number of hydrogen-bond acceptors (Lipinski definition) is 4. The minimum absolute atomic E-state index is 0.223. The largest absolute Gasteiger partial charge is 0.491 e. The number of hydrogen-bond donors (Lipinski definition) is 1. The zero-order valence-corrected chi connectivity index (χ0v) is 19.5. The van der Waals surface area contributed by atoms with Crippen molar-refractivity contribution >= 4 is 6.29 Å². The molecule has 2 unspecified atom stereocenters. The molecule has 0 aliphatic carbocycles. The number of benzene rings is 1. The van der Waals surface area contributed by atoms with Gasteiger partial charge in [0.25, 0.3) is 0 Å². The number of aldehydes is 1. The van der Waals surface area contributed by atoms with Gasteiger partial charge in [0.05, 0.1) is 11.5 Å². The molecule has 29 heavy (non-hydrogen) atoms. The Bertz CT molecular complexity index is 681. The minimum Gasteiger partial charge on any atom is -0.491 e. The molecular formula is C25H40O4. The summed E-state index contributed by atoms with van der Waals surface area (Å²) in [4.78, 5) is 11.1. The van der Waals surface area contributed by atoms with Crippen molar-refractivity contribution in [1.82, 2.24) is 0 Å². The third-order valence-electron chi connectivity index (χ3n) is 5.84. The lowest BCUT2D eigenvalue weighted by Crippen LogP contribution is -2.32. The predicted molar refractivity (Wildman–Crippen MR) is 119 cm³/mol. The van der Waals surface area contributed by atoms with Crippen LogP contribution in [0, 0.1) is 5.41 Å². The van der Waals surface area contributed by atoms with Crippen molar-refractivity contribution in [3.8, 4) is 5.75 Å². The Hall–Kier alpha value is -1.81. The Morgan fingerprint density at radius 2 is 1.79 bits per heavy atom. The Balaban J connectivity index is 3.28. The summed E-state index contributed by atoms with van der Waals surface area (Å²) in [6, 6.07) is 6.27. The molecule has 0 saturated carbocycles. The molecule has 164 valence electrons. The normalized spacial score (nSPS) is 15.0. The highest BCUT2D eigenvalue weighted by Gasteiger charge is 2.35. The van der Waals surface area contributed by atoms with E-state index in [9.17, 15) is 9.90 Å². The molecule has 0 spiro atoms. The second-order valence-corrected chi connectivity index (χ2v) is 8.77. The molecule has 0 amide bonds. The van der Waals surface area contributed by atoms with Gasteiger partial charge < -0.3 is 14.6 Å². The molecule has 0 aliphatic heterocycles. The van der Waals surface area contributed by atoms with Gasteiger partial charge in [-0.1, -0.05) is 53.7 Å². The summed E-state index contributed by atoms with van der Waals surface area (Å²) in [5.41, 5.74) is 1.75. The number of aliphatic hydroxyl groups is 1. The first-order chi connectivity index (χ1) is 13.6. The van der Waals surface area contributed by atoms with Gasteiger partial charge in [-0.3, -0.25) is 4.79 Å². The summed E-state index contributed by atoms with van der Waals surface area (Å²) in [6.45, 7) is 16.4. The van der Waals surface area contributed by atoms with Crippen molar-refractivity contribution in [2.24, 2.45) is 5.41 Å². The second kappa shape index (κ2) is 10.8. The highest BCUT2D eigenvalue weighted by molar-refractivity contribution is 5.55. The fourth-order valence-electron chi connectivity index (χ4n) is 3.55. The Morgan fingerprint density at radius 1 is 1.17 bits per heavy atom. The lowest BCUT2D eigenvalue weighted by Gasteiger charge is -2.36. The van der Waals surface area contributed by atoms with E-state index in [-0.39, 0.29) is 17.4 Å². The number of aryl methyl sites for hydroxylation is 1. The number of allylic oxidation sites excluding steroid dienone is 2. The molecule has 0 bridgehead atoms. The standard InChI is InChI=1S/C25H40O4/c1-9-19-15-20(13-14-21(19)28-17-22(27)24(6,7)8)25(11-3,12-4)23(10-2)29-18(5)16-26/h10,13-16,18,22,27H,9,11-12,17H2,1-8H3/b23-10-. The van der Waals surface area contributed by atoms with Gasteiger partial charge in [-0.2, -0.15) is 0 Å². The van der Waals surface area contributed by atoms with Crippen molar-refractivity contribution < 1.29 is 19.4 Å². The van der Waals surface area contributed by atoms with Crippen molar-refractivity contribution in [3.63, 3.8) is 0 Å². The van der Waals surface area contributed by atoms with E-state index in [4.69, 9.17) is 9.47 Å². The van der Waals surface area contributed by atoms with E-state index < -0.39 is 12.2 Å². The molecule has 4 heteroatoms. The quantitative estimate of drug-likeness (QED) is 0.385. The molecule has 1 aromatic carbocycles. The van der Waals surface area contributed by atoms with Crippen LogP contribution in [0.15, 0.2) is 30.0 Å². The van der Waals surface area contributed by atoms with E-state index in [0.717, 1.165) is 48.2 Å². The smallest absolute Gasteiger partial charge is 0.160 e.